The highest BCUT2D eigenvalue weighted by Gasteiger charge is 2.24. The third-order valence-corrected chi connectivity index (χ3v) is 5.32. The number of amides is 2. The predicted octanol–water partition coefficient (Wildman–Crippen LogP) is 3.69. The van der Waals surface area contributed by atoms with Gasteiger partial charge in [0.05, 0.1) is 0 Å². The van der Waals surface area contributed by atoms with E-state index in [1.165, 1.54) is 0 Å². The number of carbonyl (C=O) groups is 2. The maximum Gasteiger partial charge on any atom is 0.287 e. The molecule has 1 unspecified atom stereocenters. The smallest absolute Gasteiger partial charge is 0.287 e. The van der Waals surface area contributed by atoms with Crippen molar-refractivity contribution in [3.8, 4) is 0 Å². The summed E-state index contributed by atoms with van der Waals surface area (Å²) < 4.78 is 5.76. The first kappa shape index (κ1) is 20.8. The number of aryl methyl sites for hydroxylation is 1. The van der Waals surface area contributed by atoms with Gasteiger partial charge in [0.1, 0.15) is 5.76 Å². The van der Waals surface area contributed by atoms with Gasteiger partial charge in [-0.25, -0.2) is 9.97 Å². The molecule has 0 bridgehead atoms. The Labute approximate surface area is 181 Å². The Kier molecular flexibility index (Phi) is 6.40. The minimum atomic E-state index is -0.211. The molecule has 31 heavy (non-hydrogen) atoms. The summed E-state index contributed by atoms with van der Waals surface area (Å²) in [5.41, 5.74) is 3.06. The van der Waals surface area contributed by atoms with Gasteiger partial charge in [-0.2, -0.15) is 0 Å². The van der Waals surface area contributed by atoms with Crippen LogP contribution in [0.5, 0.6) is 0 Å². The van der Waals surface area contributed by atoms with Gasteiger partial charge in [-0.3, -0.25) is 14.9 Å². The number of rotatable bonds is 7. The summed E-state index contributed by atoms with van der Waals surface area (Å²) in [4.78, 5) is 33.1. The maximum atomic E-state index is 12.6. The lowest BCUT2D eigenvalue weighted by molar-refractivity contribution is -0.116. The topological polar surface area (TPSA) is 97.1 Å². The van der Waals surface area contributed by atoms with E-state index >= 15 is 0 Å². The molecule has 0 fully saturated rings. The molecule has 7 heteroatoms. The average Bonchev–Trinajstić information content (AvgIpc) is 3.23. The Bertz CT molecular complexity index is 1060. The van der Waals surface area contributed by atoms with E-state index in [4.69, 9.17) is 4.42 Å². The zero-order valence-electron chi connectivity index (χ0n) is 17.6. The first-order chi connectivity index (χ1) is 15.1. The molecule has 1 aliphatic carbocycles. The number of carbonyl (C=O) groups excluding carboxylic acids is 2. The van der Waals surface area contributed by atoms with Gasteiger partial charge in [0.25, 0.3) is 5.91 Å². The van der Waals surface area contributed by atoms with Crippen LogP contribution in [0.2, 0.25) is 0 Å². The highest BCUT2D eigenvalue weighted by Crippen LogP contribution is 2.21. The Hall–Kier alpha value is -3.48. The summed E-state index contributed by atoms with van der Waals surface area (Å²) in [6.45, 7) is 1.95. The normalized spacial score (nSPS) is 15.2. The molecule has 0 spiro atoms. The summed E-state index contributed by atoms with van der Waals surface area (Å²) in [7, 11) is 0. The standard InChI is InChI=1S/C24H26N4O3/c1-2-6-22(29)28-24-25-15-17-14-18(9-11-20(17)27-24)26-23(30)21-12-10-19(31-21)13-16-7-4-3-5-8-16/h3-5,7-8,10,12,15,18H,2,6,9,11,13-14H2,1H3,(H,26,30)(H,25,27,28,29). The number of nitrogens with one attached hydrogen (secondary N) is 2. The second kappa shape index (κ2) is 9.55. The van der Waals surface area contributed by atoms with E-state index in [1.54, 1.807) is 12.3 Å². The van der Waals surface area contributed by atoms with Crippen LogP contribution in [0.1, 0.15) is 59.3 Å². The van der Waals surface area contributed by atoms with Gasteiger partial charge in [0.2, 0.25) is 11.9 Å². The quantitative estimate of drug-likeness (QED) is 0.610. The van der Waals surface area contributed by atoms with Gasteiger partial charge in [0.15, 0.2) is 5.76 Å². The zero-order chi connectivity index (χ0) is 21.6. The van der Waals surface area contributed by atoms with E-state index in [2.05, 4.69) is 20.6 Å². The molecule has 0 radical (unpaired) electrons. The molecule has 0 saturated heterocycles. The highest BCUT2D eigenvalue weighted by molar-refractivity contribution is 5.91. The van der Waals surface area contributed by atoms with Crippen LogP contribution in [0.25, 0.3) is 0 Å². The van der Waals surface area contributed by atoms with Crippen LogP contribution in [0.15, 0.2) is 53.1 Å². The summed E-state index contributed by atoms with van der Waals surface area (Å²) in [5.74, 6) is 1.14. The molecule has 2 amide bonds. The summed E-state index contributed by atoms with van der Waals surface area (Å²) >= 11 is 0. The van der Waals surface area contributed by atoms with Crippen LogP contribution in [0.4, 0.5) is 5.95 Å². The Morgan fingerprint density at radius 1 is 1.16 bits per heavy atom. The van der Waals surface area contributed by atoms with Crippen LogP contribution in [0.3, 0.4) is 0 Å². The molecule has 1 atom stereocenters. The second-order valence-electron chi connectivity index (χ2n) is 7.81. The Morgan fingerprint density at radius 3 is 2.81 bits per heavy atom. The van der Waals surface area contributed by atoms with Crippen molar-refractivity contribution in [1.29, 1.82) is 0 Å². The molecule has 1 aliphatic rings. The third-order valence-electron chi connectivity index (χ3n) is 5.32. The van der Waals surface area contributed by atoms with Crippen LogP contribution >= 0.6 is 0 Å². The van der Waals surface area contributed by atoms with E-state index in [-0.39, 0.29) is 17.9 Å². The molecule has 160 valence electrons. The Balaban J connectivity index is 1.34. The largest absolute Gasteiger partial charge is 0.456 e. The molecule has 4 rings (SSSR count). The molecule has 2 aromatic heterocycles. The number of benzene rings is 1. The fraction of sp³-hybridized carbons (Fsp3) is 0.333. The first-order valence-electron chi connectivity index (χ1n) is 10.7. The summed E-state index contributed by atoms with van der Waals surface area (Å²) in [5, 5.41) is 5.79. The molecule has 7 nitrogen and oxygen atoms in total. The molecule has 2 heterocycles. The van der Waals surface area contributed by atoms with Gasteiger partial charge in [-0.15, -0.1) is 0 Å². The fourth-order valence-corrected chi connectivity index (χ4v) is 3.75. The number of hydrogen-bond acceptors (Lipinski definition) is 5. The third kappa shape index (κ3) is 5.36. The zero-order valence-corrected chi connectivity index (χ0v) is 17.6. The number of anilines is 1. The maximum absolute atomic E-state index is 12.6. The molecule has 2 N–H and O–H groups in total. The van der Waals surface area contributed by atoms with Crippen molar-refractivity contribution in [1.82, 2.24) is 15.3 Å². The van der Waals surface area contributed by atoms with Gasteiger partial charge >= 0.3 is 0 Å². The van der Waals surface area contributed by atoms with Crippen molar-refractivity contribution in [2.75, 3.05) is 5.32 Å². The van der Waals surface area contributed by atoms with E-state index < -0.39 is 0 Å². The van der Waals surface area contributed by atoms with Gasteiger partial charge in [-0.05, 0) is 48.9 Å². The summed E-state index contributed by atoms with van der Waals surface area (Å²) in [6.07, 6.45) is 5.77. The van der Waals surface area contributed by atoms with E-state index in [9.17, 15) is 9.59 Å². The molecule has 0 aliphatic heterocycles. The molecular weight excluding hydrogens is 392 g/mol. The Morgan fingerprint density at radius 2 is 2.00 bits per heavy atom. The van der Waals surface area contributed by atoms with Crippen LogP contribution in [0, 0.1) is 0 Å². The molecule has 0 saturated carbocycles. The minimum absolute atomic E-state index is 0.00759. The van der Waals surface area contributed by atoms with Crippen molar-refractivity contribution in [2.45, 2.75) is 51.5 Å². The van der Waals surface area contributed by atoms with Crippen LogP contribution < -0.4 is 10.6 Å². The number of furan rings is 1. The monoisotopic (exact) mass is 418 g/mol. The highest BCUT2D eigenvalue weighted by atomic mass is 16.3. The van der Waals surface area contributed by atoms with E-state index in [0.717, 1.165) is 41.8 Å². The van der Waals surface area contributed by atoms with Crippen molar-refractivity contribution in [3.63, 3.8) is 0 Å². The second-order valence-corrected chi connectivity index (χ2v) is 7.81. The SMILES string of the molecule is CCCC(=O)Nc1ncc2c(n1)CCC(NC(=O)c1ccc(Cc3ccccc3)o1)C2. The average molecular weight is 418 g/mol. The van der Waals surface area contributed by atoms with Gasteiger partial charge in [0, 0.05) is 30.8 Å². The number of aromatic nitrogens is 2. The van der Waals surface area contributed by atoms with Crippen LogP contribution in [-0.4, -0.2) is 27.8 Å². The van der Waals surface area contributed by atoms with Crippen molar-refractivity contribution >= 4 is 17.8 Å². The molecule has 3 aromatic rings. The number of fused-ring (bicyclic) bond motifs is 1. The number of hydrogen-bond donors (Lipinski definition) is 2. The van der Waals surface area contributed by atoms with Crippen LogP contribution in [-0.2, 0) is 24.1 Å². The van der Waals surface area contributed by atoms with Crippen molar-refractivity contribution < 1.29 is 14.0 Å². The molecular formula is C24H26N4O3. The fourth-order valence-electron chi connectivity index (χ4n) is 3.75. The predicted molar refractivity (Wildman–Crippen MR) is 117 cm³/mol. The first-order valence-corrected chi connectivity index (χ1v) is 10.7. The van der Waals surface area contributed by atoms with E-state index in [1.807, 2.05) is 43.3 Å². The summed E-state index contributed by atoms with van der Waals surface area (Å²) in [6, 6.07) is 13.6. The van der Waals surface area contributed by atoms with E-state index in [0.29, 0.717) is 31.0 Å². The lowest BCUT2D eigenvalue weighted by Gasteiger charge is -2.24. The van der Waals surface area contributed by atoms with Crippen molar-refractivity contribution in [3.05, 3.63) is 77.0 Å². The lowest BCUT2D eigenvalue weighted by atomic mass is 9.93. The number of nitrogens with zero attached hydrogens (tertiary/aromatic N) is 2. The lowest BCUT2D eigenvalue weighted by Crippen LogP contribution is -2.39. The minimum Gasteiger partial charge on any atom is -0.456 e. The van der Waals surface area contributed by atoms with Gasteiger partial charge in [-0.1, -0.05) is 37.3 Å². The van der Waals surface area contributed by atoms with Crippen molar-refractivity contribution in [2.24, 2.45) is 0 Å². The van der Waals surface area contributed by atoms with Gasteiger partial charge < -0.3 is 9.73 Å². The molecule has 1 aromatic carbocycles.